The summed E-state index contributed by atoms with van der Waals surface area (Å²) < 4.78 is 0. The number of nitrogens with zero attached hydrogens (tertiary/aromatic N) is 2. The zero-order valence-electron chi connectivity index (χ0n) is 6.33. The van der Waals surface area contributed by atoms with Crippen molar-refractivity contribution in [2.45, 2.75) is 19.5 Å². The van der Waals surface area contributed by atoms with E-state index in [2.05, 4.69) is 21.6 Å². The standard InChI is InChI=1S/C7H10N4/c1-6(2-8)9-3-7-4-10-11-5-7/h4-6,9H,3H2,1H3,(H,10,11). The topological polar surface area (TPSA) is 64.5 Å². The molecule has 0 aliphatic rings. The molecule has 1 unspecified atom stereocenters. The fourth-order valence-electron chi connectivity index (χ4n) is 0.691. The maximum atomic E-state index is 8.43. The first-order valence-electron chi connectivity index (χ1n) is 3.43. The number of H-pyrrole nitrogens is 1. The van der Waals surface area contributed by atoms with E-state index in [1.54, 1.807) is 12.4 Å². The van der Waals surface area contributed by atoms with Crippen molar-refractivity contribution in [3.05, 3.63) is 18.0 Å². The van der Waals surface area contributed by atoms with E-state index < -0.39 is 0 Å². The molecule has 4 nitrogen and oxygen atoms in total. The highest BCUT2D eigenvalue weighted by atomic mass is 15.1. The maximum absolute atomic E-state index is 8.43. The molecule has 0 aliphatic heterocycles. The van der Waals surface area contributed by atoms with Crippen LogP contribution in [0.1, 0.15) is 12.5 Å². The van der Waals surface area contributed by atoms with Gasteiger partial charge in [-0.1, -0.05) is 0 Å². The van der Waals surface area contributed by atoms with Gasteiger partial charge >= 0.3 is 0 Å². The number of nitrogens with one attached hydrogen (secondary N) is 2. The van der Waals surface area contributed by atoms with E-state index >= 15 is 0 Å². The molecule has 58 valence electrons. The first-order chi connectivity index (χ1) is 5.33. The molecule has 1 heterocycles. The zero-order valence-corrected chi connectivity index (χ0v) is 6.33. The van der Waals surface area contributed by atoms with Crippen LogP contribution in [0.25, 0.3) is 0 Å². The van der Waals surface area contributed by atoms with E-state index in [1.165, 1.54) is 0 Å². The molecule has 0 saturated carbocycles. The third-order valence-electron chi connectivity index (χ3n) is 1.36. The molecule has 0 saturated heterocycles. The van der Waals surface area contributed by atoms with Crippen molar-refractivity contribution < 1.29 is 0 Å². The van der Waals surface area contributed by atoms with Gasteiger partial charge in [0.15, 0.2) is 0 Å². The van der Waals surface area contributed by atoms with Gasteiger partial charge in [0.05, 0.1) is 18.3 Å². The average Bonchev–Trinajstić information content (AvgIpc) is 2.52. The molecule has 0 radical (unpaired) electrons. The number of aromatic nitrogens is 2. The highest BCUT2D eigenvalue weighted by Crippen LogP contribution is 1.92. The Balaban J connectivity index is 2.30. The van der Waals surface area contributed by atoms with Gasteiger partial charge in [-0.2, -0.15) is 10.4 Å². The van der Waals surface area contributed by atoms with Crippen LogP contribution in [0, 0.1) is 11.3 Å². The second kappa shape index (κ2) is 3.74. The average molecular weight is 150 g/mol. The number of rotatable bonds is 3. The Bertz CT molecular complexity index is 233. The molecule has 1 aromatic rings. The summed E-state index contributed by atoms with van der Waals surface area (Å²) in [5.41, 5.74) is 1.06. The van der Waals surface area contributed by atoms with Crippen LogP contribution in [-0.2, 0) is 6.54 Å². The van der Waals surface area contributed by atoms with Crippen LogP contribution < -0.4 is 5.32 Å². The van der Waals surface area contributed by atoms with Gasteiger partial charge < -0.3 is 0 Å². The number of aromatic amines is 1. The summed E-state index contributed by atoms with van der Waals surface area (Å²) in [6, 6.07) is 1.98. The van der Waals surface area contributed by atoms with Gasteiger partial charge in [-0.25, -0.2) is 0 Å². The molecule has 4 heteroatoms. The number of nitriles is 1. The van der Waals surface area contributed by atoms with Crippen LogP contribution in [0.15, 0.2) is 12.4 Å². The summed E-state index contributed by atoms with van der Waals surface area (Å²) in [7, 11) is 0. The van der Waals surface area contributed by atoms with E-state index in [-0.39, 0.29) is 6.04 Å². The summed E-state index contributed by atoms with van der Waals surface area (Å²) in [6.45, 7) is 2.51. The molecule has 2 N–H and O–H groups in total. The van der Waals surface area contributed by atoms with E-state index in [0.29, 0.717) is 6.54 Å². The largest absolute Gasteiger partial charge is 0.298 e. The van der Waals surface area contributed by atoms with E-state index in [1.807, 2.05) is 6.92 Å². The Labute approximate surface area is 65.2 Å². The third kappa shape index (κ3) is 2.40. The van der Waals surface area contributed by atoms with Crippen molar-refractivity contribution in [3.63, 3.8) is 0 Å². The fraction of sp³-hybridized carbons (Fsp3) is 0.429. The molecule has 0 aromatic carbocycles. The van der Waals surface area contributed by atoms with Gasteiger partial charge in [-0.3, -0.25) is 10.4 Å². The first-order valence-corrected chi connectivity index (χ1v) is 3.43. The summed E-state index contributed by atoms with van der Waals surface area (Å²) in [5.74, 6) is 0. The van der Waals surface area contributed by atoms with Gasteiger partial charge in [0.25, 0.3) is 0 Å². The predicted octanol–water partition coefficient (Wildman–Crippen LogP) is 0.411. The predicted molar refractivity (Wildman–Crippen MR) is 40.5 cm³/mol. The van der Waals surface area contributed by atoms with Crippen LogP contribution in [0.5, 0.6) is 0 Å². The lowest BCUT2D eigenvalue weighted by Crippen LogP contribution is -2.23. The smallest absolute Gasteiger partial charge is 0.0927 e. The molecule has 0 fully saturated rings. The highest BCUT2D eigenvalue weighted by Gasteiger charge is 1.97. The van der Waals surface area contributed by atoms with Gasteiger partial charge in [0.1, 0.15) is 0 Å². The lowest BCUT2D eigenvalue weighted by Gasteiger charge is -2.02. The van der Waals surface area contributed by atoms with Crippen molar-refractivity contribution in [1.29, 1.82) is 5.26 Å². The monoisotopic (exact) mass is 150 g/mol. The highest BCUT2D eigenvalue weighted by molar-refractivity contribution is 5.02. The minimum atomic E-state index is -0.107. The van der Waals surface area contributed by atoms with Crippen LogP contribution in [0.2, 0.25) is 0 Å². The van der Waals surface area contributed by atoms with Crippen LogP contribution in [0.3, 0.4) is 0 Å². The SMILES string of the molecule is CC(C#N)NCc1cn[nH]c1. The minimum Gasteiger partial charge on any atom is -0.298 e. The van der Waals surface area contributed by atoms with E-state index in [9.17, 15) is 0 Å². The maximum Gasteiger partial charge on any atom is 0.0927 e. The zero-order chi connectivity index (χ0) is 8.10. The molecule has 0 spiro atoms. The van der Waals surface area contributed by atoms with Gasteiger partial charge in [0.2, 0.25) is 0 Å². The van der Waals surface area contributed by atoms with E-state index in [4.69, 9.17) is 5.26 Å². The molecule has 0 amide bonds. The molecule has 0 aliphatic carbocycles. The second-order valence-corrected chi connectivity index (χ2v) is 2.34. The molecule has 1 aromatic heterocycles. The quantitative estimate of drug-likeness (QED) is 0.656. The Hall–Kier alpha value is -1.34. The summed E-state index contributed by atoms with van der Waals surface area (Å²) in [4.78, 5) is 0. The van der Waals surface area contributed by atoms with Crippen molar-refractivity contribution in [1.82, 2.24) is 15.5 Å². The van der Waals surface area contributed by atoms with Gasteiger partial charge in [-0.05, 0) is 6.92 Å². The van der Waals surface area contributed by atoms with Crippen LogP contribution in [0.4, 0.5) is 0 Å². The van der Waals surface area contributed by atoms with Crippen LogP contribution >= 0.6 is 0 Å². The second-order valence-electron chi connectivity index (χ2n) is 2.34. The fourth-order valence-corrected chi connectivity index (χ4v) is 0.691. The molecule has 1 atom stereocenters. The van der Waals surface area contributed by atoms with Crippen molar-refractivity contribution >= 4 is 0 Å². The van der Waals surface area contributed by atoms with Crippen molar-refractivity contribution in [2.75, 3.05) is 0 Å². The van der Waals surface area contributed by atoms with E-state index in [0.717, 1.165) is 5.56 Å². The van der Waals surface area contributed by atoms with Crippen LogP contribution in [-0.4, -0.2) is 16.2 Å². The summed E-state index contributed by atoms with van der Waals surface area (Å²) in [6.07, 6.45) is 3.54. The van der Waals surface area contributed by atoms with Crippen molar-refractivity contribution in [3.8, 4) is 6.07 Å². The first kappa shape index (κ1) is 7.76. The number of hydrogen-bond acceptors (Lipinski definition) is 3. The minimum absolute atomic E-state index is 0.107. The van der Waals surface area contributed by atoms with Crippen molar-refractivity contribution in [2.24, 2.45) is 0 Å². The molecular weight excluding hydrogens is 140 g/mol. The lowest BCUT2D eigenvalue weighted by molar-refractivity contribution is 0.642. The Morgan fingerprint density at radius 1 is 1.91 bits per heavy atom. The summed E-state index contributed by atoms with van der Waals surface area (Å²) >= 11 is 0. The number of hydrogen-bond donors (Lipinski definition) is 2. The normalized spacial score (nSPS) is 12.4. The Kier molecular flexibility index (Phi) is 2.64. The lowest BCUT2D eigenvalue weighted by atomic mass is 10.3. The van der Waals surface area contributed by atoms with Gasteiger partial charge in [-0.15, -0.1) is 0 Å². The summed E-state index contributed by atoms with van der Waals surface area (Å²) in [5, 5.41) is 17.9. The molecule has 0 bridgehead atoms. The molecule has 11 heavy (non-hydrogen) atoms. The molecular formula is C7H10N4. The van der Waals surface area contributed by atoms with Gasteiger partial charge in [0, 0.05) is 18.3 Å². The third-order valence-corrected chi connectivity index (χ3v) is 1.36. The Morgan fingerprint density at radius 3 is 3.27 bits per heavy atom. The molecule has 1 rings (SSSR count). The Morgan fingerprint density at radius 2 is 2.73 bits per heavy atom.